The molecule has 1 fully saturated rings. The van der Waals surface area contributed by atoms with E-state index < -0.39 is 75.7 Å². The number of rotatable bonds is 37. The Morgan fingerprint density at radius 2 is 0.892 bits per heavy atom. The summed E-state index contributed by atoms with van der Waals surface area (Å²) in [7, 11) is -5.15. The van der Waals surface area contributed by atoms with Gasteiger partial charge in [0, 0.05) is 12.8 Å². The Balaban J connectivity index is 2.53. The van der Waals surface area contributed by atoms with Gasteiger partial charge in [-0.05, 0) is 96.3 Å². The first-order chi connectivity index (χ1) is 31.4. The zero-order valence-corrected chi connectivity index (χ0v) is 39.9. The summed E-state index contributed by atoms with van der Waals surface area (Å²) in [6.07, 6.45) is 41.4. The monoisotopic (exact) mass is 933 g/mol. The summed E-state index contributed by atoms with van der Waals surface area (Å²) < 4.78 is 33.5. The zero-order valence-electron chi connectivity index (χ0n) is 39.0. The van der Waals surface area contributed by atoms with E-state index in [1.807, 2.05) is 12.2 Å². The van der Waals surface area contributed by atoms with Crippen LogP contribution in [0.15, 0.2) is 109 Å². The highest BCUT2D eigenvalue weighted by Gasteiger charge is 2.51. The first kappa shape index (κ1) is 59.5. The van der Waals surface area contributed by atoms with Crippen molar-refractivity contribution < 1.29 is 63.1 Å². The van der Waals surface area contributed by atoms with Gasteiger partial charge in [0.2, 0.25) is 0 Å². The van der Waals surface area contributed by atoms with Gasteiger partial charge in [-0.2, -0.15) is 0 Å². The third-order valence-electron chi connectivity index (χ3n) is 10.1. The Bertz CT molecular complexity index is 1550. The summed E-state index contributed by atoms with van der Waals surface area (Å²) >= 11 is 0. The highest BCUT2D eigenvalue weighted by molar-refractivity contribution is 7.47. The molecule has 13 nitrogen and oxygen atoms in total. The molecule has 0 radical (unpaired) electrons. The number of aliphatic hydroxyl groups excluding tert-OH is 5. The van der Waals surface area contributed by atoms with Gasteiger partial charge < -0.3 is 39.9 Å². The van der Waals surface area contributed by atoms with E-state index in [-0.39, 0.29) is 12.8 Å². The molecule has 0 aromatic heterocycles. The third-order valence-corrected chi connectivity index (χ3v) is 11.1. The summed E-state index contributed by atoms with van der Waals surface area (Å²) in [6, 6.07) is 0. The van der Waals surface area contributed by atoms with E-state index in [2.05, 4.69) is 111 Å². The van der Waals surface area contributed by atoms with Crippen LogP contribution in [0.1, 0.15) is 142 Å². The van der Waals surface area contributed by atoms with Gasteiger partial charge in [0.15, 0.2) is 6.10 Å². The number of phosphoric acid groups is 1. The standard InChI is InChI=1S/C51H81O13P/c1-3-5-7-9-11-13-15-17-19-21-22-24-26-28-30-32-34-36-38-40-45(53)63-43(42-62-65(59,60)64-51-49(57)47(55)46(54)48(56)50(51)58)41-61-44(52)39-37-35-33-31-29-27-25-23-20-18-16-14-12-10-8-6-4-2/h6,8,11-14,17-20,22,24-25,27-28,30-31,33,43,46-51,54-58H,3-5,7,9-10,15-16,21,23,26,29,32,34-42H2,1-2H3,(H,59,60)/b8-6+,13-11+,14-12+,19-17+,20-18+,24-22+,27-25+,30-28+,33-31+/t43-,46?,47-,48?,49?,50?,51?/m1/s1. The number of hydrogen-bond donors (Lipinski definition) is 6. The lowest BCUT2D eigenvalue weighted by atomic mass is 9.85. The number of carbonyl (C=O) groups is 2. The van der Waals surface area contributed by atoms with Gasteiger partial charge in [-0.15, -0.1) is 0 Å². The lowest BCUT2D eigenvalue weighted by Crippen LogP contribution is -2.64. The molecular weight excluding hydrogens is 852 g/mol. The van der Waals surface area contributed by atoms with E-state index in [0.29, 0.717) is 19.3 Å². The number of aliphatic hydroxyl groups is 5. The number of phosphoric ester groups is 1. The SMILES string of the molecule is CC/C=C/C/C=C/C/C=C/C/C=C/C/C=C/CCCC(=O)OC[C@H](COP(=O)(O)OC1C(O)C(O)C(O)[C@@H](O)C1O)OC(=O)CCCCC/C=C/C/C=C/C/C=C/C/C=C/CCCCC. The molecule has 14 heteroatoms. The van der Waals surface area contributed by atoms with Crippen LogP contribution in [0.2, 0.25) is 0 Å². The van der Waals surface area contributed by atoms with Crippen molar-refractivity contribution in [2.45, 2.75) is 185 Å². The summed E-state index contributed by atoms with van der Waals surface area (Å²) in [6.45, 7) is 3.07. The fraction of sp³-hybridized carbons (Fsp3) is 0.608. The van der Waals surface area contributed by atoms with Crippen molar-refractivity contribution in [3.05, 3.63) is 109 Å². The van der Waals surface area contributed by atoms with Gasteiger partial charge >= 0.3 is 19.8 Å². The third kappa shape index (κ3) is 32.0. The predicted octanol–water partition coefficient (Wildman–Crippen LogP) is 9.61. The second-order valence-electron chi connectivity index (χ2n) is 15.9. The van der Waals surface area contributed by atoms with E-state index in [9.17, 15) is 44.6 Å². The van der Waals surface area contributed by atoms with Crippen molar-refractivity contribution in [2.24, 2.45) is 0 Å². The van der Waals surface area contributed by atoms with Crippen LogP contribution in [0, 0.1) is 0 Å². The van der Waals surface area contributed by atoms with Gasteiger partial charge in [-0.1, -0.05) is 142 Å². The zero-order chi connectivity index (χ0) is 47.8. The van der Waals surface area contributed by atoms with Crippen LogP contribution in [0.4, 0.5) is 0 Å². The number of carbonyl (C=O) groups excluding carboxylic acids is 2. The highest BCUT2D eigenvalue weighted by Crippen LogP contribution is 2.47. The topological polar surface area (TPSA) is 210 Å². The van der Waals surface area contributed by atoms with E-state index in [1.54, 1.807) is 0 Å². The van der Waals surface area contributed by atoms with Crippen LogP contribution < -0.4 is 0 Å². The number of unbranched alkanes of at least 4 members (excludes halogenated alkanes) is 7. The minimum Gasteiger partial charge on any atom is -0.462 e. The maximum atomic E-state index is 12.8. The minimum atomic E-state index is -5.15. The first-order valence-electron chi connectivity index (χ1n) is 23.7. The van der Waals surface area contributed by atoms with Gasteiger partial charge in [-0.25, -0.2) is 4.57 Å². The molecule has 0 bridgehead atoms. The summed E-state index contributed by atoms with van der Waals surface area (Å²) in [5.41, 5.74) is 0. The summed E-state index contributed by atoms with van der Waals surface area (Å²) in [5, 5.41) is 50.2. The molecule has 1 aliphatic rings. The van der Waals surface area contributed by atoms with Gasteiger partial charge in [-0.3, -0.25) is 18.6 Å². The normalized spacial score (nSPS) is 22.4. The van der Waals surface area contributed by atoms with Crippen molar-refractivity contribution >= 4 is 19.8 Å². The fourth-order valence-electron chi connectivity index (χ4n) is 6.30. The van der Waals surface area contributed by atoms with Gasteiger partial charge in [0.25, 0.3) is 0 Å². The van der Waals surface area contributed by atoms with Gasteiger partial charge in [0.1, 0.15) is 43.2 Å². The van der Waals surface area contributed by atoms with Crippen LogP contribution in [-0.2, 0) is 32.7 Å². The Morgan fingerprint density at radius 1 is 0.492 bits per heavy atom. The Labute approximate surface area is 389 Å². The van der Waals surface area contributed by atoms with E-state index in [0.717, 1.165) is 77.0 Å². The van der Waals surface area contributed by atoms with Crippen molar-refractivity contribution in [2.75, 3.05) is 13.2 Å². The molecule has 6 unspecified atom stereocenters. The Morgan fingerprint density at radius 3 is 1.35 bits per heavy atom. The smallest absolute Gasteiger partial charge is 0.462 e. The molecule has 1 saturated carbocycles. The minimum absolute atomic E-state index is 0.0398. The second kappa shape index (κ2) is 39.7. The van der Waals surface area contributed by atoms with Crippen molar-refractivity contribution in [1.82, 2.24) is 0 Å². The van der Waals surface area contributed by atoms with E-state index in [1.165, 1.54) is 19.3 Å². The molecule has 0 spiro atoms. The highest BCUT2D eigenvalue weighted by atomic mass is 31.2. The maximum Gasteiger partial charge on any atom is 0.472 e. The molecule has 65 heavy (non-hydrogen) atoms. The molecule has 0 saturated heterocycles. The molecule has 8 atom stereocenters. The van der Waals surface area contributed by atoms with Crippen LogP contribution in [0.5, 0.6) is 0 Å². The molecule has 0 amide bonds. The second-order valence-corrected chi connectivity index (χ2v) is 17.3. The molecular formula is C51H81O13P. The molecule has 6 N–H and O–H groups in total. The van der Waals surface area contributed by atoms with E-state index >= 15 is 0 Å². The van der Waals surface area contributed by atoms with Crippen LogP contribution in [0.25, 0.3) is 0 Å². The molecule has 368 valence electrons. The lowest BCUT2D eigenvalue weighted by molar-refractivity contribution is -0.220. The lowest BCUT2D eigenvalue weighted by Gasteiger charge is -2.41. The number of esters is 2. The van der Waals surface area contributed by atoms with Crippen molar-refractivity contribution in [3.8, 4) is 0 Å². The molecule has 0 heterocycles. The van der Waals surface area contributed by atoms with Crippen molar-refractivity contribution in [1.29, 1.82) is 0 Å². The summed E-state index contributed by atoms with van der Waals surface area (Å²) in [4.78, 5) is 35.7. The van der Waals surface area contributed by atoms with Crippen LogP contribution >= 0.6 is 7.82 Å². The number of ether oxygens (including phenoxy) is 2. The van der Waals surface area contributed by atoms with Crippen LogP contribution in [-0.4, -0.2) is 98.3 Å². The molecule has 1 aliphatic carbocycles. The average molecular weight is 933 g/mol. The van der Waals surface area contributed by atoms with Gasteiger partial charge in [0.05, 0.1) is 6.61 Å². The quantitative estimate of drug-likeness (QED) is 0.0149. The predicted molar refractivity (Wildman–Crippen MR) is 257 cm³/mol. The molecule has 0 aromatic carbocycles. The number of hydrogen-bond acceptors (Lipinski definition) is 12. The molecule has 0 aromatic rings. The number of allylic oxidation sites excluding steroid dienone is 18. The van der Waals surface area contributed by atoms with Crippen molar-refractivity contribution in [3.63, 3.8) is 0 Å². The van der Waals surface area contributed by atoms with Crippen LogP contribution in [0.3, 0.4) is 0 Å². The largest absolute Gasteiger partial charge is 0.472 e. The first-order valence-corrected chi connectivity index (χ1v) is 25.2. The molecule has 1 rings (SSSR count). The molecule has 0 aliphatic heterocycles. The average Bonchev–Trinajstić information content (AvgIpc) is 3.29. The Hall–Kier alpha value is -3.49. The fourth-order valence-corrected chi connectivity index (χ4v) is 7.28. The maximum absolute atomic E-state index is 12.8. The Kier molecular flexibility index (Phi) is 36.3. The summed E-state index contributed by atoms with van der Waals surface area (Å²) in [5.74, 6) is -1.22. The van der Waals surface area contributed by atoms with E-state index in [4.69, 9.17) is 18.5 Å².